The molecule has 1 N–H and O–H groups in total. The van der Waals surface area contributed by atoms with Crippen LogP contribution in [0.5, 0.6) is 5.75 Å². The number of carboxylic acid groups (broad SMARTS) is 1. The minimum absolute atomic E-state index is 0.0340. The second-order valence-corrected chi connectivity index (χ2v) is 7.46. The first-order chi connectivity index (χ1) is 13.0. The van der Waals surface area contributed by atoms with E-state index in [2.05, 4.69) is 6.92 Å². The number of benzene rings is 1. The van der Waals surface area contributed by atoms with Crippen LogP contribution in [0.1, 0.15) is 29.6 Å². The summed E-state index contributed by atoms with van der Waals surface area (Å²) >= 11 is 1.58. The van der Waals surface area contributed by atoms with E-state index >= 15 is 0 Å². The second kappa shape index (κ2) is 7.00. The van der Waals surface area contributed by atoms with E-state index in [1.807, 2.05) is 24.3 Å². The predicted molar refractivity (Wildman–Crippen MR) is 105 cm³/mol. The Morgan fingerprint density at radius 1 is 1.37 bits per heavy atom. The van der Waals surface area contributed by atoms with Crippen molar-refractivity contribution in [3.8, 4) is 5.75 Å². The van der Waals surface area contributed by atoms with Gasteiger partial charge in [-0.1, -0.05) is 19.1 Å². The van der Waals surface area contributed by atoms with Gasteiger partial charge in [0.1, 0.15) is 16.4 Å². The molecule has 1 aliphatic heterocycles. The Morgan fingerprint density at radius 3 is 2.85 bits per heavy atom. The third kappa shape index (κ3) is 3.38. The summed E-state index contributed by atoms with van der Waals surface area (Å²) in [5, 5.41) is 9.37. The quantitative estimate of drug-likeness (QED) is 0.731. The molecule has 27 heavy (non-hydrogen) atoms. The second-order valence-electron chi connectivity index (χ2n) is 6.35. The van der Waals surface area contributed by atoms with Gasteiger partial charge in [0.15, 0.2) is 6.61 Å². The lowest BCUT2D eigenvalue weighted by Gasteiger charge is -2.04. The molecule has 0 bridgehead atoms. The summed E-state index contributed by atoms with van der Waals surface area (Å²) in [5.74, 6) is 0.239. The first-order valence-corrected chi connectivity index (χ1v) is 9.55. The number of aryl methyl sites for hydroxylation is 1. The molecule has 7 heteroatoms. The molecule has 2 aromatic heterocycles. The molecule has 0 fully saturated rings. The fraction of sp³-hybridized carbons (Fsp3) is 0.250. The van der Waals surface area contributed by atoms with Gasteiger partial charge in [0.2, 0.25) is 0 Å². The zero-order chi connectivity index (χ0) is 19.0. The standard InChI is InChI=1S/C20H18N2O4S/c1-2-15-10-16-19(27-15)21-18-13(7-8-22(18)20(16)25)9-12-3-5-14(6-4-12)26-11-17(23)24/h3-6,9-10H,2,7-8,11H2,1H3,(H,23,24). The highest BCUT2D eigenvalue weighted by Gasteiger charge is 2.22. The Morgan fingerprint density at radius 2 is 2.15 bits per heavy atom. The van der Waals surface area contributed by atoms with Crippen molar-refractivity contribution >= 4 is 39.2 Å². The summed E-state index contributed by atoms with van der Waals surface area (Å²) < 4.78 is 6.90. The molecule has 1 aliphatic rings. The third-order valence-electron chi connectivity index (χ3n) is 4.53. The first-order valence-electron chi connectivity index (χ1n) is 8.74. The normalized spacial score (nSPS) is 14.6. The van der Waals surface area contributed by atoms with E-state index in [9.17, 15) is 9.59 Å². The molecule has 0 spiro atoms. The van der Waals surface area contributed by atoms with Gasteiger partial charge in [-0.05, 0) is 48.3 Å². The van der Waals surface area contributed by atoms with Crippen LogP contribution in [0.3, 0.4) is 0 Å². The van der Waals surface area contributed by atoms with Crippen LogP contribution in [0.4, 0.5) is 0 Å². The molecule has 0 saturated carbocycles. The number of nitrogens with zero attached hydrogens (tertiary/aromatic N) is 2. The fourth-order valence-corrected chi connectivity index (χ4v) is 4.14. The lowest BCUT2D eigenvalue weighted by atomic mass is 10.1. The maximum absolute atomic E-state index is 12.8. The Balaban J connectivity index is 1.66. The summed E-state index contributed by atoms with van der Waals surface area (Å²) in [7, 11) is 0. The number of fused-ring (bicyclic) bond motifs is 2. The zero-order valence-electron chi connectivity index (χ0n) is 14.8. The fourth-order valence-electron chi connectivity index (χ4n) is 3.18. The molecule has 0 unspecified atom stereocenters. The van der Waals surface area contributed by atoms with Gasteiger partial charge in [-0.15, -0.1) is 11.3 Å². The van der Waals surface area contributed by atoms with Gasteiger partial charge < -0.3 is 9.84 Å². The number of hydrogen-bond acceptors (Lipinski definition) is 5. The SMILES string of the molecule is CCc1cc2c(=O)n3c(nc2s1)C(=Cc1ccc(OCC(=O)O)cc1)CC3. The van der Waals surface area contributed by atoms with E-state index < -0.39 is 5.97 Å². The van der Waals surface area contributed by atoms with Crippen molar-refractivity contribution in [1.82, 2.24) is 9.55 Å². The highest BCUT2D eigenvalue weighted by atomic mass is 32.1. The molecule has 0 aliphatic carbocycles. The van der Waals surface area contributed by atoms with Gasteiger partial charge in [-0.3, -0.25) is 9.36 Å². The van der Waals surface area contributed by atoms with E-state index in [1.165, 1.54) is 4.88 Å². The van der Waals surface area contributed by atoms with Crippen LogP contribution in [-0.4, -0.2) is 27.2 Å². The van der Waals surface area contributed by atoms with Crippen molar-refractivity contribution in [2.75, 3.05) is 6.61 Å². The smallest absolute Gasteiger partial charge is 0.341 e. The predicted octanol–water partition coefficient (Wildman–Crippen LogP) is 3.43. The third-order valence-corrected chi connectivity index (χ3v) is 5.70. The van der Waals surface area contributed by atoms with Gasteiger partial charge in [-0.2, -0.15) is 0 Å². The Bertz CT molecular complexity index is 1110. The number of rotatable bonds is 5. The van der Waals surface area contributed by atoms with Gasteiger partial charge >= 0.3 is 5.97 Å². The number of hydrogen-bond donors (Lipinski definition) is 1. The van der Waals surface area contributed by atoms with Crippen molar-refractivity contribution in [1.29, 1.82) is 0 Å². The summed E-state index contributed by atoms with van der Waals surface area (Å²) in [6.45, 7) is 2.35. The maximum atomic E-state index is 12.8. The van der Waals surface area contributed by atoms with Gasteiger partial charge in [0, 0.05) is 11.4 Å². The van der Waals surface area contributed by atoms with E-state index in [1.54, 1.807) is 28.0 Å². The molecule has 0 atom stereocenters. The van der Waals surface area contributed by atoms with Crippen LogP contribution < -0.4 is 10.3 Å². The van der Waals surface area contributed by atoms with Crippen LogP contribution in [-0.2, 0) is 17.8 Å². The van der Waals surface area contributed by atoms with E-state index in [0.29, 0.717) is 17.7 Å². The largest absolute Gasteiger partial charge is 0.482 e. The van der Waals surface area contributed by atoms with Gasteiger partial charge in [0.05, 0.1) is 5.39 Å². The molecular formula is C20H18N2O4S. The highest BCUT2D eigenvalue weighted by Crippen LogP contribution is 2.30. The zero-order valence-corrected chi connectivity index (χ0v) is 15.6. The molecule has 4 rings (SSSR count). The van der Waals surface area contributed by atoms with Crippen LogP contribution >= 0.6 is 11.3 Å². The number of carbonyl (C=O) groups is 1. The van der Waals surface area contributed by atoms with Gasteiger partial charge in [-0.25, -0.2) is 9.78 Å². The summed E-state index contributed by atoms with van der Waals surface area (Å²) in [6.07, 6.45) is 3.68. The average molecular weight is 382 g/mol. The number of thiophene rings is 1. The van der Waals surface area contributed by atoms with E-state index in [4.69, 9.17) is 14.8 Å². The minimum atomic E-state index is -1.01. The number of ether oxygens (including phenoxy) is 1. The first kappa shape index (κ1) is 17.5. The molecular weight excluding hydrogens is 364 g/mol. The molecule has 0 radical (unpaired) electrons. The van der Waals surface area contributed by atoms with Crippen molar-refractivity contribution in [3.05, 3.63) is 57.0 Å². The lowest BCUT2D eigenvalue weighted by molar-refractivity contribution is -0.139. The van der Waals surface area contributed by atoms with Gasteiger partial charge in [0.25, 0.3) is 5.56 Å². The van der Waals surface area contributed by atoms with Crippen molar-refractivity contribution in [2.24, 2.45) is 0 Å². The molecule has 6 nitrogen and oxygen atoms in total. The lowest BCUT2D eigenvalue weighted by Crippen LogP contribution is -2.19. The summed E-state index contributed by atoms with van der Waals surface area (Å²) in [4.78, 5) is 30.0. The van der Waals surface area contributed by atoms with Crippen molar-refractivity contribution in [2.45, 2.75) is 26.3 Å². The molecule has 138 valence electrons. The number of allylic oxidation sites excluding steroid dienone is 1. The molecule has 1 aromatic carbocycles. The molecule has 3 heterocycles. The number of aliphatic carboxylic acids is 1. The summed E-state index contributed by atoms with van der Waals surface area (Å²) in [5.41, 5.74) is 2.02. The van der Waals surface area contributed by atoms with Crippen LogP contribution in [0, 0.1) is 0 Å². The van der Waals surface area contributed by atoms with Crippen molar-refractivity contribution < 1.29 is 14.6 Å². The maximum Gasteiger partial charge on any atom is 0.341 e. The van der Waals surface area contributed by atoms with E-state index in [-0.39, 0.29) is 12.2 Å². The number of carboxylic acids is 1. The van der Waals surface area contributed by atoms with Crippen molar-refractivity contribution in [3.63, 3.8) is 0 Å². The van der Waals surface area contributed by atoms with E-state index in [0.717, 1.165) is 34.6 Å². The Hall–Kier alpha value is -2.93. The molecule has 0 amide bonds. The monoisotopic (exact) mass is 382 g/mol. The molecule has 3 aromatic rings. The Labute approximate surface area is 159 Å². The Kier molecular flexibility index (Phi) is 4.53. The highest BCUT2D eigenvalue weighted by molar-refractivity contribution is 7.18. The van der Waals surface area contributed by atoms with Crippen LogP contribution in [0.2, 0.25) is 0 Å². The molecule has 0 saturated heterocycles. The number of aromatic nitrogens is 2. The minimum Gasteiger partial charge on any atom is -0.482 e. The van der Waals surface area contributed by atoms with Crippen LogP contribution in [0.15, 0.2) is 35.1 Å². The average Bonchev–Trinajstić information content (AvgIpc) is 3.26. The topological polar surface area (TPSA) is 81.4 Å². The van der Waals surface area contributed by atoms with Crippen LogP contribution in [0.25, 0.3) is 21.9 Å². The summed E-state index contributed by atoms with van der Waals surface area (Å²) in [6, 6.07) is 9.16.